The van der Waals surface area contributed by atoms with Crippen LogP contribution in [0.1, 0.15) is 64.0 Å². The van der Waals surface area contributed by atoms with Crippen molar-refractivity contribution in [2.75, 3.05) is 0 Å². The number of benzene rings is 1. The maximum absolute atomic E-state index is 6.27. The van der Waals surface area contributed by atoms with Gasteiger partial charge in [-0.1, -0.05) is 30.2 Å². The van der Waals surface area contributed by atoms with Gasteiger partial charge in [0.25, 0.3) is 0 Å². The van der Waals surface area contributed by atoms with Crippen molar-refractivity contribution in [1.82, 2.24) is 0 Å². The highest BCUT2D eigenvalue weighted by Crippen LogP contribution is 2.40. The summed E-state index contributed by atoms with van der Waals surface area (Å²) in [5.74, 6) is 0.698. The topological polar surface area (TPSA) is 18.5 Å². The molecule has 0 N–H and O–H groups in total. The van der Waals surface area contributed by atoms with E-state index in [1.165, 1.54) is 35.9 Å². The predicted molar refractivity (Wildman–Crippen MR) is 83.5 cm³/mol. The minimum absolute atomic E-state index is 0.225. The quantitative estimate of drug-likeness (QED) is 0.766. The van der Waals surface area contributed by atoms with Crippen LogP contribution in [-0.4, -0.2) is 18.3 Å². The molecule has 2 aliphatic rings. The number of rotatable bonds is 2. The molecule has 1 heterocycles. The van der Waals surface area contributed by atoms with Crippen LogP contribution in [0.3, 0.4) is 0 Å². The zero-order valence-corrected chi connectivity index (χ0v) is 13.3. The van der Waals surface area contributed by atoms with Crippen molar-refractivity contribution in [2.45, 2.75) is 71.0 Å². The van der Waals surface area contributed by atoms with Gasteiger partial charge < -0.3 is 9.31 Å². The molecule has 1 aliphatic heterocycles. The van der Waals surface area contributed by atoms with E-state index in [0.717, 1.165) is 0 Å². The Morgan fingerprint density at radius 3 is 2.15 bits per heavy atom. The van der Waals surface area contributed by atoms with Crippen LogP contribution in [0, 0.1) is 6.92 Å². The second-order valence-corrected chi connectivity index (χ2v) is 7.29. The summed E-state index contributed by atoms with van der Waals surface area (Å²) in [6, 6.07) is 6.59. The summed E-state index contributed by atoms with van der Waals surface area (Å²) in [5.41, 5.74) is 3.46. The second-order valence-electron chi connectivity index (χ2n) is 7.29. The first-order valence-electron chi connectivity index (χ1n) is 7.77. The molecule has 3 heteroatoms. The van der Waals surface area contributed by atoms with Gasteiger partial charge in [0.2, 0.25) is 0 Å². The molecule has 108 valence electrons. The molecule has 0 aromatic heterocycles. The third-order valence-corrected chi connectivity index (χ3v) is 5.39. The third kappa shape index (κ3) is 2.12. The first-order chi connectivity index (χ1) is 9.32. The molecule has 0 amide bonds. The highest BCUT2D eigenvalue weighted by Gasteiger charge is 2.52. The largest absolute Gasteiger partial charge is 0.495 e. The minimum Gasteiger partial charge on any atom is -0.399 e. The maximum Gasteiger partial charge on any atom is 0.495 e. The Kier molecular flexibility index (Phi) is 3.26. The SMILES string of the molecule is Cc1cccc(C2CCC2)c1B1OC(C)(C)C(C)(C)O1. The fraction of sp³-hybridized carbons (Fsp3) is 0.647. The molecule has 1 saturated heterocycles. The van der Waals surface area contributed by atoms with Gasteiger partial charge in [0.05, 0.1) is 11.2 Å². The normalized spacial score (nSPS) is 24.8. The summed E-state index contributed by atoms with van der Waals surface area (Å²) in [5, 5.41) is 0. The van der Waals surface area contributed by atoms with Crippen molar-refractivity contribution >= 4 is 12.6 Å². The van der Waals surface area contributed by atoms with Gasteiger partial charge in [0, 0.05) is 0 Å². The standard InChI is InChI=1S/C17H25BO2/c1-12-8-6-11-14(13-9-7-10-13)15(12)18-19-16(2,3)17(4,5)20-18/h6,8,11,13H,7,9-10H2,1-5H3. The summed E-state index contributed by atoms with van der Waals surface area (Å²) in [6.07, 6.45) is 3.95. The lowest BCUT2D eigenvalue weighted by molar-refractivity contribution is 0.00578. The van der Waals surface area contributed by atoms with Gasteiger partial charge in [-0.25, -0.2) is 0 Å². The van der Waals surface area contributed by atoms with Gasteiger partial charge in [-0.15, -0.1) is 0 Å². The molecule has 0 spiro atoms. The van der Waals surface area contributed by atoms with E-state index in [1.807, 2.05) is 0 Å². The lowest BCUT2D eigenvalue weighted by atomic mass is 9.67. The highest BCUT2D eigenvalue weighted by molar-refractivity contribution is 6.63. The van der Waals surface area contributed by atoms with E-state index >= 15 is 0 Å². The van der Waals surface area contributed by atoms with Crippen LogP contribution in [0.2, 0.25) is 0 Å². The van der Waals surface area contributed by atoms with E-state index in [4.69, 9.17) is 9.31 Å². The second kappa shape index (κ2) is 4.61. The van der Waals surface area contributed by atoms with E-state index in [0.29, 0.717) is 5.92 Å². The Balaban J connectivity index is 1.99. The van der Waals surface area contributed by atoms with Crippen molar-refractivity contribution in [2.24, 2.45) is 0 Å². The van der Waals surface area contributed by atoms with Crippen molar-refractivity contribution in [3.8, 4) is 0 Å². The smallest absolute Gasteiger partial charge is 0.399 e. The number of hydrogen-bond acceptors (Lipinski definition) is 2. The Morgan fingerprint density at radius 2 is 1.65 bits per heavy atom. The minimum atomic E-state index is -0.267. The Bertz CT molecular complexity index is 502. The van der Waals surface area contributed by atoms with Crippen molar-refractivity contribution in [3.05, 3.63) is 29.3 Å². The molecule has 2 nitrogen and oxygen atoms in total. The molecule has 0 unspecified atom stereocenters. The molecule has 1 aliphatic carbocycles. The molecule has 0 bridgehead atoms. The van der Waals surface area contributed by atoms with Crippen LogP contribution < -0.4 is 5.46 Å². The van der Waals surface area contributed by atoms with Gasteiger partial charge in [-0.05, 0) is 64.4 Å². The lowest BCUT2D eigenvalue weighted by Crippen LogP contribution is -2.41. The molecule has 0 atom stereocenters. The first-order valence-corrected chi connectivity index (χ1v) is 7.77. The molecule has 1 saturated carbocycles. The van der Waals surface area contributed by atoms with Crippen LogP contribution in [0.4, 0.5) is 0 Å². The van der Waals surface area contributed by atoms with Crippen molar-refractivity contribution < 1.29 is 9.31 Å². The molecular formula is C17H25BO2. The van der Waals surface area contributed by atoms with E-state index in [-0.39, 0.29) is 18.3 Å². The third-order valence-electron chi connectivity index (χ3n) is 5.39. The van der Waals surface area contributed by atoms with Crippen LogP contribution in [0.25, 0.3) is 0 Å². The van der Waals surface area contributed by atoms with Gasteiger partial charge in [0.1, 0.15) is 0 Å². The summed E-state index contributed by atoms with van der Waals surface area (Å²) in [6.45, 7) is 10.6. The average Bonchev–Trinajstić information content (AvgIpc) is 2.45. The molecule has 0 radical (unpaired) electrons. The molecular weight excluding hydrogens is 247 g/mol. The van der Waals surface area contributed by atoms with E-state index < -0.39 is 0 Å². The van der Waals surface area contributed by atoms with Crippen LogP contribution in [0.5, 0.6) is 0 Å². The fourth-order valence-electron chi connectivity index (χ4n) is 3.06. The van der Waals surface area contributed by atoms with E-state index in [9.17, 15) is 0 Å². The Morgan fingerprint density at radius 1 is 1.05 bits per heavy atom. The van der Waals surface area contributed by atoms with Gasteiger partial charge in [-0.3, -0.25) is 0 Å². The lowest BCUT2D eigenvalue weighted by Gasteiger charge is -2.32. The monoisotopic (exact) mass is 272 g/mol. The van der Waals surface area contributed by atoms with Crippen molar-refractivity contribution in [1.29, 1.82) is 0 Å². The molecule has 1 aromatic carbocycles. The Labute approximate surface area is 123 Å². The zero-order chi connectivity index (χ0) is 14.5. The maximum atomic E-state index is 6.27. The van der Waals surface area contributed by atoms with Crippen LogP contribution >= 0.6 is 0 Å². The molecule has 2 fully saturated rings. The first kappa shape index (κ1) is 14.2. The van der Waals surface area contributed by atoms with Crippen molar-refractivity contribution in [3.63, 3.8) is 0 Å². The highest BCUT2D eigenvalue weighted by atomic mass is 16.7. The number of hydrogen-bond donors (Lipinski definition) is 0. The van der Waals surface area contributed by atoms with Crippen LogP contribution in [0.15, 0.2) is 18.2 Å². The summed E-state index contributed by atoms with van der Waals surface area (Å²) in [4.78, 5) is 0. The van der Waals surface area contributed by atoms with Gasteiger partial charge >= 0.3 is 7.12 Å². The van der Waals surface area contributed by atoms with Crippen LogP contribution in [-0.2, 0) is 9.31 Å². The van der Waals surface area contributed by atoms with Gasteiger partial charge in [-0.2, -0.15) is 0 Å². The fourth-order valence-corrected chi connectivity index (χ4v) is 3.06. The Hall–Kier alpha value is -0.795. The summed E-state index contributed by atoms with van der Waals surface area (Å²) in [7, 11) is -0.225. The molecule has 3 rings (SSSR count). The van der Waals surface area contributed by atoms with Gasteiger partial charge in [0.15, 0.2) is 0 Å². The molecule has 1 aromatic rings. The summed E-state index contributed by atoms with van der Waals surface area (Å²) < 4.78 is 12.5. The predicted octanol–water partition coefficient (Wildman–Crippen LogP) is 3.56. The van der Waals surface area contributed by atoms with E-state index in [2.05, 4.69) is 52.8 Å². The zero-order valence-electron chi connectivity index (χ0n) is 13.3. The van der Waals surface area contributed by atoms with E-state index in [1.54, 1.807) is 0 Å². The summed E-state index contributed by atoms with van der Waals surface area (Å²) >= 11 is 0. The number of aryl methyl sites for hydroxylation is 1. The molecule has 20 heavy (non-hydrogen) atoms. The average molecular weight is 272 g/mol.